The first-order valence-electron chi connectivity index (χ1n) is 8.61. The number of carbonyl (C=O) groups excluding carboxylic acids is 3. The molecular formula is C20H22N2O4SSe. The van der Waals surface area contributed by atoms with E-state index in [-0.39, 0.29) is 25.7 Å². The Balaban J connectivity index is 1.93. The molecule has 0 radical (unpaired) electrons. The van der Waals surface area contributed by atoms with Gasteiger partial charge < -0.3 is 0 Å². The third kappa shape index (κ3) is 7.03. The monoisotopic (exact) mass is 466 g/mol. The number of hydrogen-bond acceptors (Lipinski definition) is 5. The Kier molecular flexibility index (Phi) is 9.07. The fourth-order valence-corrected chi connectivity index (χ4v) is 6.39. The van der Waals surface area contributed by atoms with Crippen LogP contribution in [0, 0.1) is 0 Å². The van der Waals surface area contributed by atoms with E-state index >= 15 is 0 Å². The fraction of sp³-hybridized carbons (Fsp3) is 0.250. The van der Waals surface area contributed by atoms with Crippen molar-refractivity contribution >= 4 is 51.9 Å². The SMILES string of the molecule is COC(=O)C(CCS[Se]c1ccccc1C(=O)Nc1ccccc1)NC(C)=O. The molecule has 0 saturated carbocycles. The maximum absolute atomic E-state index is 12.6. The van der Waals surface area contributed by atoms with Crippen LogP contribution >= 0.6 is 10.2 Å². The molecule has 0 spiro atoms. The summed E-state index contributed by atoms with van der Waals surface area (Å²) in [6.07, 6.45) is 0.469. The van der Waals surface area contributed by atoms with E-state index in [1.54, 1.807) is 10.2 Å². The number of esters is 1. The van der Waals surface area contributed by atoms with Gasteiger partial charge in [0.25, 0.3) is 0 Å². The third-order valence-electron chi connectivity index (χ3n) is 3.67. The van der Waals surface area contributed by atoms with Gasteiger partial charge in [0.05, 0.1) is 0 Å². The summed E-state index contributed by atoms with van der Waals surface area (Å²) in [4.78, 5) is 35.6. The van der Waals surface area contributed by atoms with Crippen LogP contribution in [0.15, 0.2) is 54.6 Å². The molecule has 6 nitrogen and oxygen atoms in total. The van der Waals surface area contributed by atoms with Crippen LogP contribution in [0.25, 0.3) is 0 Å². The number of hydrogen-bond donors (Lipinski definition) is 2. The number of carbonyl (C=O) groups is 3. The summed E-state index contributed by atoms with van der Waals surface area (Å²) in [5, 5.41) is 5.51. The Morgan fingerprint density at radius 1 is 1.07 bits per heavy atom. The number of benzene rings is 2. The molecule has 148 valence electrons. The normalized spacial score (nSPS) is 11.4. The minimum atomic E-state index is -0.651. The van der Waals surface area contributed by atoms with Crippen LogP contribution in [0.2, 0.25) is 0 Å². The summed E-state index contributed by atoms with van der Waals surface area (Å²) in [6, 6.07) is 16.2. The second kappa shape index (κ2) is 11.5. The molecule has 2 N–H and O–H groups in total. The number of para-hydroxylation sites is 1. The van der Waals surface area contributed by atoms with Crippen molar-refractivity contribution in [2.24, 2.45) is 0 Å². The van der Waals surface area contributed by atoms with Gasteiger partial charge in [-0.05, 0) is 0 Å². The molecule has 1 atom stereocenters. The van der Waals surface area contributed by atoms with Gasteiger partial charge in [0.1, 0.15) is 0 Å². The van der Waals surface area contributed by atoms with Gasteiger partial charge in [0.2, 0.25) is 0 Å². The van der Waals surface area contributed by atoms with Crippen molar-refractivity contribution < 1.29 is 19.1 Å². The van der Waals surface area contributed by atoms with Crippen molar-refractivity contribution in [2.45, 2.75) is 19.4 Å². The predicted octanol–water partition coefficient (Wildman–Crippen LogP) is 1.98. The molecule has 2 rings (SSSR count). The molecule has 0 aliphatic rings. The minimum absolute atomic E-state index is 0.0124. The number of rotatable bonds is 9. The standard InChI is InChI=1S/C20H22N2O4SSe/c1-14(23)21-17(20(25)26-2)12-13-27-28-18-11-7-6-10-16(18)19(24)22-15-8-4-3-5-9-15/h3-11,17H,12-13H2,1-2H3,(H,21,23)(H,22,24). The van der Waals surface area contributed by atoms with Crippen molar-refractivity contribution in [2.75, 3.05) is 18.2 Å². The molecule has 2 amide bonds. The second-order valence-corrected chi connectivity index (χ2v) is 10.1. The van der Waals surface area contributed by atoms with Crippen LogP contribution in [0.5, 0.6) is 0 Å². The van der Waals surface area contributed by atoms with Crippen LogP contribution in [0.3, 0.4) is 0 Å². The topological polar surface area (TPSA) is 84.5 Å². The van der Waals surface area contributed by atoms with E-state index in [4.69, 9.17) is 4.74 Å². The average molecular weight is 465 g/mol. The molecule has 0 fully saturated rings. The van der Waals surface area contributed by atoms with E-state index in [1.165, 1.54) is 14.0 Å². The Morgan fingerprint density at radius 3 is 2.43 bits per heavy atom. The van der Waals surface area contributed by atoms with E-state index in [9.17, 15) is 14.4 Å². The van der Waals surface area contributed by atoms with Gasteiger partial charge >= 0.3 is 174 Å². The molecule has 28 heavy (non-hydrogen) atoms. The van der Waals surface area contributed by atoms with Gasteiger partial charge in [-0.2, -0.15) is 0 Å². The van der Waals surface area contributed by atoms with Crippen molar-refractivity contribution in [3.63, 3.8) is 0 Å². The first-order chi connectivity index (χ1) is 13.5. The molecule has 0 saturated heterocycles. The molecule has 0 heterocycles. The summed E-state index contributed by atoms with van der Waals surface area (Å²) in [7, 11) is 2.95. The number of amides is 2. The van der Waals surface area contributed by atoms with Crippen LogP contribution in [-0.4, -0.2) is 50.5 Å². The van der Waals surface area contributed by atoms with Gasteiger partial charge in [-0.25, -0.2) is 0 Å². The number of ether oxygens (including phenoxy) is 1. The second-order valence-electron chi connectivity index (χ2n) is 5.79. The van der Waals surface area contributed by atoms with Crippen LogP contribution < -0.4 is 15.1 Å². The van der Waals surface area contributed by atoms with Crippen molar-refractivity contribution in [3.05, 3.63) is 60.2 Å². The third-order valence-corrected chi connectivity index (χ3v) is 8.03. The van der Waals surface area contributed by atoms with Crippen molar-refractivity contribution in [1.29, 1.82) is 0 Å². The summed E-state index contributed by atoms with van der Waals surface area (Å²) >= 11 is -0.0124. The molecule has 0 bridgehead atoms. The van der Waals surface area contributed by atoms with Crippen molar-refractivity contribution in [3.8, 4) is 0 Å². The zero-order valence-corrected chi connectivity index (χ0v) is 18.2. The van der Waals surface area contributed by atoms with Gasteiger partial charge in [-0.1, -0.05) is 0 Å². The molecule has 0 aliphatic heterocycles. The first kappa shape index (κ1) is 22.0. The quantitative estimate of drug-likeness (QED) is 0.336. The van der Waals surface area contributed by atoms with Crippen LogP contribution in [-0.2, 0) is 14.3 Å². The molecule has 1 unspecified atom stereocenters. The molecule has 0 aliphatic carbocycles. The first-order valence-corrected chi connectivity index (χ1v) is 12.5. The predicted molar refractivity (Wildman–Crippen MR) is 113 cm³/mol. The Hall–Kier alpha value is -2.28. The Labute approximate surface area is 174 Å². The number of anilines is 1. The summed E-state index contributed by atoms with van der Waals surface area (Å²) in [6.45, 7) is 1.37. The molecular weight excluding hydrogens is 443 g/mol. The Bertz CT molecular complexity index is 817. The van der Waals surface area contributed by atoms with E-state index in [0.29, 0.717) is 17.7 Å². The molecule has 2 aromatic rings. The Morgan fingerprint density at radius 2 is 1.75 bits per heavy atom. The number of methoxy groups -OCH3 is 1. The summed E-state index contributed by atoms with van der Waals surface area (Å²) in [5.74, 6) is -0.205. The molecule has 8 heteroatoms. The average Bonchev–Trinajstić information content (AvgIpc) is 2.70. The number of nitrogens with one attached hydrogen (secondary N) is 2. The summed E-state index contributed by atoms with van der Waals surface area (Å²) in [5.41, 5.74) is 1.39. The van der Waals surface area contributed by atoms with Crippen LogP contribution in [0.1, 0.15) is 23.7 Å². The molecule has 0 aromatic heterocycles. The molecule has 2 aromatic carbocycles. The van der Waals surface area contributed by atoms with Gasteiger partial charge in [-0.15, -0.1) is 0 Å². The van der Waals surface area contributed by atoms with E-state index in [2.05, 4.69) is 10.6 Å². The van der Waals surface area contributed by atoms with Crippen molar-refractivity contribution in [1.82, 2.24) is 5.32 Å². The van der Waals surface area contributed by atoms with E-state index in [0.717, 1.165) is 10.1 Å². The van der Waals surface area contributed by atoms with E-state index < -0.39 is 12.0 Å². The van der Waals surface area contributed by atoms with Gasteiger partial charge in [0.15, 0.2) is 0 Å². The van der Waals surface area contributed by atoms with Gasteiger partial charge in [0, 0.05) is 0 Å². The van der Waals surface area contributed by atoms with Crippen LogP contribution in [0.4, 0.5) is 5.69 Å². The van der Waals surface area contributed by atoms with Gasteiger partial charge in [-0.3, -0.25) is 0 Å². The zero-order valence-electron chi connectivity index (χ0n) is 15.6. The van der Waals surface area contributed by atoms with E-state index in [1.807, 2.05) is 54.6 Å². The fourth-order valence-electron chi connectivity index (χ4n) is 2.35. The summed E-state index contributed by atoms with van der Waals surface area (Å²) < 4.78 is 5.70. The zero-order chi connectivity index (χ0) is 20.4. The maximum atomic E-state index is 12.6.